The number of nitrogens with one attached hydrogen (secondary N) is 1. The minimum Gasteiger partial charge on any atom is -0.336 e. The molecule has 0 aliphatic rings. The first kappa shape index (κ1) is 18.7. The number of anilines is 1. The van der Waals surface area contributed by atoms with E-state index in [0.29, 0.717) is 6.42 Å². The zero-order chi connectivity index (χ0) is 18.4. The summed E-state index contributed by atoms with van der Waals surface area (Å²) in [6.45, 7) is 5.94. The number of rotatable bonds is 6. The molecule has 0 fully saturated rings. The lowest BCUT2D eigenvalue weighted by Gasteiger charge is -2.23. The standard InChI is InChI=1S/C21H26N2O2/c1-5-18(17-12-7-6-8-13-17)21(25)23(4)14-19(24)22-20-15(2)10-9-11-16(20)3/h6-13,18H,5,14H2,1-4H3,(H,22,24). The monoisotopic (exact) mass is 338 g/mol. The number of para-hydroxylation sites is 1. The fraction of sp³-hybridized carbons (Fsp3) is 0.333. The first-order valence-corrected chi connectivity index (χ1v) is 8.60. The Morgan fingerprint density at radius 3 is 2.16 bits per heavy atom. The van der Waals surface area contributed by atoms with Crippen molar-refractivity contribution in [1.82, 2.24) is 4.90 Å². The third-order valence-electron chi connectivity index (χ3n) is 4.41. The van der Waals surface area contributed by atoms with Crippen LogP contribution in [0.25, 0.3) is 0 Å². The van der Waals surface area contributed by atoms with Gasteiger partial charge in [0, 0.05) is 12.7 Å². The summed E-state index contributed by atoms with van der Waals surface area (Å²) in [5.41, 5.74) is 3.83. The van der Waals surface area contributed by atoms with Crippen molar-refractivity contribution in [3.05, 3.63) is 65.2 Å². The minimum atomic E-state index is -0.223. The highest BCUT2D eigenvalue weighted by atomic mass is 16.2. The van der Waals surface area contributed by atoms with Gasteiger partial charge in [0.2, 0.25) is 11.8 Å². The molecule has 0 aliphatic heterocycles. The van der Waals surface area contributed by atoms with Gasteiger partial charge in [-0.25, -0.2) is 0 Å². The highest BCUT2D eigenvalue weighted by Gasteiger charge is 2.23. The van der Waals surface area contributed by atoms with Crippen LogP contribution in [0, 0.1) is 13.8 Å². The summed E-state index contributed by atoms with van der Waals surface area (Å²) < 4.78 is 0. The van der Waals surface area contributed by atoms with E-state index in [0.717, 1.165) is 22.4 Å². The van der Waals surface area contributed by atoms with Crippen molar-refractivity contribution in [2.75, 3.05) is 18.9 Å². The van der Waals surface area contributed by atoms with Crippen LogP contribution in [-0.2, 0) is 9.59 Å². The Bertz CT molecular complexity index is 721. The van der Waals surface area contributed by atoms with E-state index >= 15 is 0 Å². The van der Waals surface area contributed by atoms with E-state index in [-0.39, 0.29) is 24.3 Å². The Hall–Kier alpha value is -2.62. The van der Waals surface area contributed by atoms with E-state index in [1.165, 1.54) is 4.90 Å². The van der Waals surface area contributed by atoms with Crippen molar-refractivity contribution in [2.24, 2.45) is 0 Å². The summed E-state index contributed by atoms with van der Waals surface area (Å²) in [5, 5.41) is 2.93. The highest BCUT2D eigenvalue weighted by molar-refractivity contribution is 5.96. The van der Waals surface area contributed by atoms with E-state index in [1.807, 2.05) is 69.3 Å². The highest BCUT2D eigenvalue weighted by Crippen LogP contribution is 2.22. The second kappa shape index (κ2) is 8.47. The van der Waals surface area contributed by atoms with Gasteiger partial charge >= 0.3 is 0 Å². The van der Waals surface area contributed by atoms with Gasteiger partial charge in [-0.05, 0) is 37.0 Å². The molecule has 0 aromatic heterocycles. The zero-order valence-electron chi connectivity index (χ0n) is 15.4. The van der Waals surface area contributed by atoms with Crippen LogP contribution in [0.2, 0.25) is 0 Å². The lowest BCUT2D eigenvalue weighted by molar-refractivity contribution is -0.134. The van der Waals surface area contributed by atoms with Crippen LogP contribution < -0.4 is 5.32 Å². The number of hydrogen-bond acceptors (Lipinski definition) is 2. The molecule has 0 bridgehead atoms. The Morgan fingerprint density at radius 1 is 1.00 bits per heavy atom. The molecule has 2 aromatic carbocycles. The van der Waals surface area contributed by atoms with E-state index in [1.54, 1.807) is 7.05 Å². The van der Waals surface area contributed by atoms with Crippen molar-refractivity contribution in [3.63, 3.8) is 0 Å². The lowest BCUT2D eigenvalue weighted by Crippen LogP contribution is -2.37. The summed E-state index contributed by atoms with van der Waals surface area (Å²) in [4.78, 5) is 26.6. The average Bonchev–Trinajstić information content (AvgIpc) is 2.59. The molecular formula is C21H26N2O2. The first-order chi connectivity index (χ1) is 11.9. The summed E-state index contributed by atoms with van der Waals surface area (Å²) in [5.74, 6) is -0.444. The quantitative estimate of drug-likeness (QED) is 0.868. The fourth-order valence-electron chi connectivity index (χ4n) is 2.99. The van der Waals surface area contributed by atoms with Crippen molar-refractivity contribution >= 4 is 17.5 Å². The van der Waals surface area contributed by atoms with Crippen molar-refractivity contribution < 1.29 is 9.59 Å². The molecular weight excluding hydrogens is 312 g/mol. The van der Waals surface area contributed by atoms with E-state index < -0.39 is 0 Å². The summed E-state index contributed by atoms with van der Waals surface area (Å²) in [6.07, 6.45) is 0.700. The maximum atomic E-state index is 12.7. The minimum absolute atomic E-state index is 0.0367. The largest absolute Gasteiger partial charge is 0.336 e. The molecule has 4 heteroatoms. The molecule has 2 amide bonds. The van der Waals surface area contributed by atoms with E-state index in [2.05, 4.69) is 5.32 Å². The Morgan fingerprint density at radius 2 is 1.60 bits per heavy atom. The van der Waals surface area contributed by atoms with Gasteiger partial charge in [0.1, 0.15) is 0 Å². The van der Waals surface area contributed by atoms with Gasteiger partial charge in [-0.15, -0.1) is 0 Å². The fourth-order valence-corrected chi connectivity index (χ4v) is 2.99. The third-order valence-corrected chi connectivity index (χ3v) is 4.41. The maximum absolute atomic E-state index is 12.7. The van der Waals surface area contributed by atoms with Crippen LogP contribution in [-0.4, -0.2) is 30.3 Å². The Labute approximate surface area is 149 Å². The number of nitrogens with zero attached hydrogens (tertiary/aromatic N) is 1. The average molecular weight is 338 g/mol. The summed E-state index contributed by atoms with van der Waals surface area (Å²) >= 11 is 0. The molecule has 4 nitrogen and oxygen atoms in total. The van der Waals surface area contributed by atoms with Gasteiger partial charge in [-0.3, -0.25) is 9.59 Å². The molecule has 0 radical (unpaired) electrons. The second-order valence-corrected chi connectivity index (χ2v) is 6.38. The van der Waals surface area contributed by atoms with E-state index in [4.69, 9.17) is 0 Å². The van der Waals surface area contributed by atoms with Crippen LogP contribution in [0.1, 0.15) is 36.0 Å². The molecule has 0 saturated heterocycles. The number of carbonyl (C=O) groups excluding carboxylic acids is 2. The number of aryl methyl sites for hydroxylation is 2. The molecule has 1 unspecified atom stereocenters. The summed E-state index contributed by atoms with van der Waals surface area (Å²) in [6, 6.07) is 15.6. The molecule has 2 aromatic rings. The number of benzene rings is 2. The number of likely N-dealkylation sites (N-methyl/N-ethyl adjacent to an activating group) is 1. The molecule has 0 heterocycles. The Balaban J connectivity index is 2.04. The van der Waals surface area contributed by atoms with Gasteiger partial charge in [0.05, 0.1) is 12.5 Å². The SMILES string of the molecule is CCC(C(=O)N(C)CC(=O)Nc1c(C)cccc1C)c1ccccc1. The molecule has 1 N–H and O–H groups in total. The zero-order valence-corrected chi connectivity index (χ0v) is 15.4. The smallest absolute Gasteiger partial charge is 0.243 e. The third kappa shape index (κ3) is 4.69. The van der Waals surface area contributed by atoms with Gasteiger partial charge < -0.3 is 10.2 Å². The summed E-state index contributed by atoms with van der Waals surface area (Å²) in [7, 11) is 1.68. The normalized spacial score (nSPS) is 11.7. The molecule has 132 valence electrons. The number of hydrogen-bond donors (Lipinski definition) is 1. The van der Waals surface area contributed by atoms with Gasteiger partial charge in [-0.1, -0.05) is 55.5 Å². The van der Waals surface area contributed by atoms with Crippen LogP contribution in [0.5, 0.6) is 0 Å². The van der Waals surface area contributed by atoms with Gasteiger partial charge in [-0.2, -0.15) is 0 Å². The van der Waals surface area contributed by atoms with Crippen molar-refractivity contribution in [1.29, 1.82) is 0 Å². The van der Waals surface area contributed by atoms with Crippen LogP contribution in [0.3, 0.4) is 0 Å². The molecule has 25 heavy (non-hydrogen) atoms. The second-order valence-electron chi connectivity index (χ2n) is 6.38. The van der Waals surface area contributed by atoms with Gasteiger partial charge in [0.25, 0.3) is 0 Å². The topological polar surface area (TPSA) is 49.4 Å². The first-order valence-electron chi connectivity index (χ1n) is 8.60. The molecule has 2 rings (SSSR count). The number of carbonyl (C=O) groups is 2. The molecule has 0 saturated carbocycles. The van der Waals surface area contributed by atoms with Gasteiger partial charge in [0.15, 0.2) is 0 Å². The predicted molar refractivity (Wildman–Crippen MR) is 102 cm³/mol. The maximum Gasteiger partial charge on any atom is 0.243 e. The van der Waals surface area contributed by atoms with Crippen LogP contribution >= 0.6 is 0 Å². The van der Waals surface area contributed by atoms with Crippen LogP contribution in [0.15, 0.2) is 48.5 Å². The molecule has 0 spiro atoms. The number of amides is 2. The Kier molecular flexibility index (Phi) is 6.34. The predicted octanol–water partition coefficient (Wildman–Crippen LogP) is 3.89. The lowest BCUT2D eigenvalue weighted by atomic mass is 9.95. The van der Waals surface area contributed by atoms with Crippen molar-refractivity contribution in [3.8, 4) is 0 Å². The van der Waals surface area contributed by atoms with Crippen molar-refractivity contribution in [2.45, 2.75) is 33.1 Å². The van der Waals surface area contributed by atoms with Crippen LogP contribution in [0.4, 0.5) is 5.69 Å². The molecule has 1 atom stereocenters. The van der Waals surface area contributed by atoms with E-state index in [9.17, 15) is 9.59 Å². The molecule has 0 aliphatic carbocycles.